The van der Waals surface area contributed by atoms with Crippen LogP contribution < -0.4 is 0 Å². The minimum absolute atomic E-state index is 0.0451. The van der Waals surface area contributed by atoms with Gasteiger partial charge in [-0.3, -0.25) is 9.59 Å². The molecule has 0 radical (unpaired) electrons. The summed E-state index contributed by atoms with van der Waals surface area (Å²) in [4.78, 5) is 23.5. The van der Waals surface area contributed by atoms with Crippen molar-refractivity contribution in [1.82, 2.24) is 0 Å². The second kappa shape index (κ2) is 21.6. The molecule has 0 saturated carbocycles. The van der Waals surface area contributed by atoms with Crippen LogP contribution in [0.15, 0.2) is 0 Å². The fourth-order valence-electron chi connectivity index (χ4n) is 3.48. The van der Waals surface area contributed by atoms with E-state index >= 15 is 0 Å². The molecule has 0 aromatic heterocycles. The van der Waals surface area contributed by atoms with Crippen molar-refractivity contribution in [2.24, 2.45) is 0 Å². The first kappa shape index (κ1) is 27.9. The molecule has 0 heterocycles. The molecule has 1 atom stereocenters. The quantitative estimate of drug-likeness (QED) is 0.144. The largest absolute Gasteiger partial charge is 0.466 e. The molecule has 0 rings (SSSR count). The van der Waals surface area contributed by atoms with Gasteiger partial charge in [0.1, 0.15) is 6.10 Å². The van der Waals surface area contributed by atoms with Gasteiger partial charge in [0.25, 0.3) is 0 Å². The summed E-state index contributed by atoms with van der Waals surface area (Å²) in [5.74, 6) is -0.0923. The van der Waals surface area contributed by atoms with Gasteiger partial charge in [0, 0.05) is 12.8 Å². The molecule has 0 spiro atoms. The van der Waals surface area contributed by atoms with Gasteiger partial charge in [-0.1, -0.05) is 91.4 Å². The van der Waals surface area contributed by atoms with Gasteiger partial charge < -0.3 is 9.47 Å². The smallest absolute Gasteiger partial charge is 0.306 e. The first-order valence-corrected chi connectivity index (χ1v) is 12.5. The Morgan fingerprint density at radius 3 is 1.69 bits per heavy atom. The number of hydrogen-bond donors (Lipinski definition) is 0. The van der Waals surface area contributed by atoms with Crippen molar-refractivity contribution >= 4 is 11.9 Å². The molecule has 0 bridgehead atoms. The van der Waals surface area contributed by atoms with Crippen LogP contribution in [-0.4, -0.2) is 24.6 Å². The number of rotatable bonds is 21. The lowest BCUT2D eigenvalue weighted by molar-refractivity contribution is -0.149. The summed E-state index contributed by atoms with van der Waals surface area (Å²) in [5.41, 5.74) is 0. The highest BCUT2D eigenvalue weighted by atomic mass is 16.5. The van der Waals surface area contributed by atoms with Crippen molar-refractivity contribution in [1.29, 1.82) is 0 Å². The van der Waals surface area contributed by atoms with Crippen LogP contribution in [0.25, 0.3) is 0 Å². The zero-order valence-electron chi connectivity index (χ0n) is 19.6. The molecule has 0 aliphatic carbocycles. The summed E-state index contributed by atoms with van der Waals surface area (Å²) in [6, 6.07) is 0. The standard InChI is InChI=1S/C25H48O4/c1-4-7-8-9-12-15-18-22-28-24(26)20-16-13-10-11-14-17-21-25(27)29-23(6-3)19-5-2/h23H,4-22H2,1-3H3. The van der Waals surface area contributed by atoms with Crippen molar-refractivity contribution in [2.75, 3.05) is 6.61 Å². The van der Waals surface area contributed by atoms with Gasteiger partial charge in [-0.2, -0.15) is 0 Å². The number of unbranched alkanes of at least 4 members (excludes halogenated alkanes) is 11. The van der Waals surface area contributed by atoms with Gasteiger partial charge in [0.15, 0.2) is 0 Å². The monoisotopic (exact) mass is 412 g/mol. The third-order valence-corrected chi connectivity index (χ3v) is 5.39. The van der Waals surface area contributed by atoms with E-state index < -0.39 is 0 Å². The molecular formula is C25H48O4. The summed E-state index contributed by atoms with van der Waals surface area (Å²) in [5, 5.41) is 0. The normalized spacial score (nSPS) is 12.0. The van der Waals surface area contributed by atoms with E-state index in [0.29, 0.717) is 19.4 Å². The second-order valence-corrected chi connectivity index (χ2v) is 8.27. The summed E-state index contributed by atoms with van der Waals surface area (Å²) in [6.07, 6.45) is 18.9. The van der Waals surface area contributed by atoms with Crippen molar-refractivity contribution in [3.8, 4) is 0 Å². The number of carbonyl (C=O) groups excluding carboxylic acids is 2. The first-order chi connectivity index (χ1) is 14.1. The average molecular weight is 413 g/mol. The minimum Gasteiger partial charge on any atom is -0.466 e. The highest BCUT2D eigenvalue weighted by Gasteiger charge is 2.11. The molecule has 0 aliphatic heterocycles. The van der Waals surface area contributed by atoms with Crippen molar-refractivity contribution < 1.29 is 19.1 Å². The van der Waals surface area contributed by atoms with Crippen molar-refractivity contribution in [3.63, 3.8) is 0 Å². The van der Waals surface area contributed by atoms with E-state index in [-0.39, 0.29) is 18.0 Å². The average Bonchev–Trinajstić information content (AvgIpc) is 2.71. The second-order valence-electron chi connectivity index (χ2n) is 8.27. The van der Waals surface area contributed by atoms with E-state index in [9.17, 15) is 9.59 Å². The van der Waals surface area contributed by atoms with Gasteiger partial charge >= 0.3 is 11.9 Å². The van der Waals surface area contributed by atoms with Crippen LogP contribution in [0.1, 0.15) is 136 Å². The maximum Gasteiger partial charge on any atom is 0.306 e. The minimum atomic E-state index is -0.0472. The highest BCUT2D eigenvalue weighted by molar-refractivity contribution is 5.69. The molecule has 172 valence electrons. The number of hydrogen-bond acceptors (Lipinski definition) is 4. The predicted molar refractivity (Wildman–Crippen MR) is 121 cm³/mol. The predicted octanol–water partition coefficient (Wildman–Crippen LogP) is 7.52. The Hall–Kier alpha value is -1.06. The molecule has 4 nitrogen and oxygen atoms in total. The Balaban J connectivity index is 3.37. The van der Waals surface area contributed by atoms with Gasteiger partial charge in [-0.05, 0) is 32.1 Å². The van der Waals surface area contributed by atoms with Crippen LogP contribution in [-0.2, 0) is 19.1 Å². The van der Waals surface area contributed by atoms with Crippen molar-refractivity contribution in [3.05, 3.63) is 0 Å². The Morgan fingerprint density at radius 1 is 0.621 bits per heavy atom. The lowest BCUT2D eigenvalue weighted by Gasteiger charge is -2.15. The highest BCUT2D eigenvalue weighted by Crippen LogP contribution is 2.12. The fraction of sp³-hybridized carbons (Fsp3) is 0.920. The molecule has 0 aromatic carbocycles. The van der Waals surface area contributed by atoms with E-state index in [2.05, 4.69) is 20.8 Å². The maximum atomic E-state index is 11.8. The van der Waals surface area contributed by atoms with E-state index in [4.69, 9.17) is 9.47 Å². The van der Waals surface area contributed by atoms with Gasteiger partial charge in [-0.25, -0.2) is 0 Å². The van der Waals surface area contributed by atoms with E-state index in [1.807, 2.05) is 0 Å². The van der Waals surface area contributed by atoms with Crippen LogP contribution in [0.4, 0.5) is 0 Å². The number of ether oxygens (including phenoxy) is 2. The first-order valence-electron chi connectivity index (χ1n) is 12.5. The van der Waals surface area contributed by atoms with Crippen LogP contribution >= 0.6 is 0 Å². The third-order valence-electron chi connectivity index (χ3n) is 5.39. The molecule has 0 N–H and O–H groups in total. The number of carbonyl (C=O) groups is 2. The zero-order chi connectivity index (χ0) is 21.6. The van der Waals surface area contributed by atoms with Gasteiger partial charge in [0.2, 0.25) is 0 Å². The molecular weight excluding hydrogens is 364 g/mol. The Kier molecular flexibility index (Phi) is 20.9. The SMILES string of the molecule is CCCCCCCCCOC(=O)CCCCCCCCC(=O)OC(CC)CCC. The Bertz CT molecular complexity index is 381. The summed E-state index contributed by atoms with van der Waals surface area (Å²) < 4.78 is 10.8. The lowest BCUT2D eigenvalue weighted by Crippen LogP contribution is -2.16. The molecule has 29 heavy (non-hydrogen) atoms. The van der Waals surface area contributed by atoms with Crippen LogP contribution in [0.3, 0.4) is 0 Å². The summed E-state index contributed by atoms with van der Waals surface area (Å²) in [6.45, 7) is 7.00. The fourth-order valence-corrected chi connectivity index (χ4v) is 3.48. The summed E-state index contributed by atoms with van der Waals surface area (Å²) in [7, 11) is 0. The topological polar surface area (TPSA) is 52.6 Å². The van der Waals surface area contributed by atoms with Crippen LogP contribution in [0, 0.1) is 0 Å². The molecule has 1 unspecified atom stereocenters. The van der Waals surface area contributed by atoms with Crippen LogP contribution in [0.5, 0.6) is 0 Å². The van der Waals surface area contributed by atoms with Gasteiger partial charge in [0.05, 0.1) is 6.61 Å². The van der Waals surface area contributed by atoms with Crippen molar-refractivity contribution in [2.45, 2.75) is 142 Å². The molecule has 0 aliphatic rings. The molecule has 0 saturated heterocycles. The Morgan fingerprint density at radius 2 is 1.14 bits per heavy atom. The van der Waals surface area contributed by atoms with Crippen LogP contribution in [0.2, 0.25) is 0 Å². The molecule has 0 fully saturated rings. The number of esters is 2. The van der Waals surface area contributed by atoms with E-state index in [0.717, 1.165) is 64.2 Å². The van der Waals surface area contributed by atoms with Gasteiger partial charge in [-0.15, -0.1) is 0 Å². The van der Waals surface area contributed by atoms with E-state index in [1.54, 1.807) is 0 Å². The molecule has 4 heteroatoms. The zero-order valence-corrected chi connectivity index (χ0v) is 19.6. The Labute approximate surface area is 180 Å². The maximum absolute atomic E-state index is 11.8. The lowest BCUT2D eigenvalue weighted by atomic mass is 10.1. The van der Waals surface area contributed by atoms with E-state index in [1.165, 1.54) is 38.5 Å². The third kappa shape index (κ3) is 20.0. The molecule has 0 aromatic rings. The summed E-state index contributed by atoms with van der Waals surface area (Å²) >= 11 is 0. The molecule has 0 amide bonds.